The van der Waals surface area contributed by atoms with Crippen LogP contribution in [0.2, 0.25) is 0 Å². The Morgan fingerprint density at radius 3 is 2.77 bits per heavy atom. The van der Waals surface area contributed by atoms with E-state index in [0.717, 1.165) is 19.3 Å². The van der Waals surface area contributed by atoms with Crippen molar-refractivity contribution in [2.24, 2.45) is 5.92 Å². The van der Waals surface area contributed by atoms with Crippen molar-refractivity contribution in [1.29, 1.82) is 0 Å². The highest BCUT2D eigenvalue weighted by Crippen LogP contribution is 2.42. The predicted molar refractivity (Wildman–Crippen MR) is 46.1 cm³/mol. The molecule has 2 rings (SSSR count). The van der Waals surface area contributed by atoms with Crippen LogP contribution in [0.3, 0.4) is 0 Å². The van der Waals surface area contributed by atoms with Crippen LogP contribution in [-0.4, -0.2) is 17.4 Å². The van der Waals surface area contributed by atoms with Gasteiger partial charge in [0, 0.05) is 6.42 Å². The SMILES string of the molecule is CC1CCC2(CC(=O)CC(=O)O2)C1. The Hall–Kier alpha value is -0.860. The molecule has 72 valence electrons. The first-order valence-electron chi connectivity index (χ1n) is 4.83. The number of rotatable bonds is 0. The highest BCUT2D eigenvalue weighted by atomic mass is 16.6. The summed E-state index contributed by atoms with van der Waals surface area (Å²) >= 11 is 0. The molecule has 2 atom stereocenters. The van der Waals surface area contributed by atoms with Crippen LogP contribution in [0.1, 0.15) is 39.0 Å². The molecule has 2 aliphatic rings. The number of esters is 1. The summed E-state index contributed by atoms with van der Waals surface area (Å²) in [5.41, 5.74) is -0.411. The van der Waals surface area contributed by atoms with E-state index in [0.29, 0.717) is 12.3 Å². The third-order valence-corrected chi connectivity index (χ3v) is 3.00. The Balaban J connectivity index is 2.14. The topological polar surface area (TPSA) is 43.4 Å². The maximum Gasteiger partial charge on any atom is 0.313 e. The standard InChI is InChI=1S/C10H14O3/c1-7-2-3-10(5-7)6-8(11)4-9(12)13-10/h7H,2-6H2,1H3. The molecule has 2 unspecified atom stereocenters. The van der Waals surface area contributed by atoms with E-state index >= 15 is 0 Å². The Morgan fingerprint density at radius 1 is 1.46 bits per heavy atom. The third kappa shape index (κ3) is 1.60. The third-order valence-electron chi connectivity index (χ3n) is 3.00. The van der Waals surface area contributed by atoms with E-state index in [1.54, 1.807) is 0 Å². The van der Waals surface area contributed by atoms with Crippen LogP contribution >= 0.6 is 0 Å². The smallest absolute Gasteiger partial charge is 0.313 e. The maximum atomic E-state index is 11.2. The second-order valence-corrected chi connectivity index (χ2v) is 4.40. The predicted octanol–water partition coefficient (Wildman–Crippen LogP) is 1.45. The molecule has 1 saturated heterocycles. The minimum atomic E-state index is -0.411. The van der Waals surface area contributed by atoms with Gasteiger partial charge in [-0.15, -0.1) is 0 Å². The molecule has 1 aliphatic heterocycles. The summed E-state index contributed by atoms with van der Waals surface area (Å²) in [5.74, 6) is 0.300. The second kappa shape index (κ2) is 2.82. The number of carbonyl (C=O) groups excluding carboxylic acids is 2. The van der Waals surface area contributed by atoms with Crippen molar-refractivity contribution < 1.29 is 14.3 Å². The van der Waals surface area contributed by atoms with Crippen molar-refractivity contribution in [3.05, 3.63) is 0 Å². The van der Waals surface area contributed by atoms with Crippen LogP contribution in [0.5, 0.6) is 0 Å². The summed E-state index contributed by atoms with van der Waals surface area (Å²) in [6.07, 6.45) is 3.23. The summed E-state index contributed by atoms with van der Waals surface area (Å²) < 4.78 is 5.32. The van der Waals surface area contributed by atoms with E-state index in [4.69, 9.17) is 4.74 Å². The summed E-state index contributed by atoms with van der Waals surface area (Å²) in [5, 5.41) is 0. The summed E-state index contributed by atoms with van der Waals surface area (Å²) in [7, 11) is 0. The average molecular weight is 182 g/mol. The van der Waals surface area contributed by atoms with Crippen molar-refractivity contribution in [2.45, 2.75) is 44.6 Å². The van der Waals surface area contributed by atoms with E-state index in [1.165, 1.54) is 0 Å². The van der Waals surface area contributed by atoms with E-state index in [-0.39, 0.29) is 18.2 Å². The van der Waals surface area contributed by atoms with Crippen LogP contribution in [0.15, 0.2) is 0 Å². The lowest BCUT2D eigenvalue weighted by Crippen LogP contribution is -2.40. The number of hydrogen-bond acceptors (Lipinski definition) is 3. The molecule has 1 saturated carbocycles. The molecule has 0 N–H and O–H groups in total. The lowest BCUT2D eigenvalue weighted by atomic mass is 9.90. The van der Waals surface area contributed by atoms with E-state index < -0.39 is 5.60 Å². The number of ketones is 1. The normalized spacial score (nSPS) is 39.6. The average Bonchev–Trinajstić information content (AvgIpc) is 2.28. The molecular weight excluding hydrogens is 168 g/mol. The van der Waals surface area contributed by atoms with Gasteiger partial charge in [-0.25, -0.2) is 0 Å². The highest BCUT2D eigenvalue weighted by Gasteiger charge is 2.45. The van der Waals surface area contributed by atoms with Gasteiger partial charge in [-0.2, -0.15) is 0 Å². The van der Waals surface area contributed by atoms with E-state index in [9.17, 15) is 9.59 Å². The Morgan fingerprint density at radius 2 is 2.23 bits per heavy atom. The first-order chi connectivity index (χ1) is 6.10. The summed E-state index contributed by atoms with van der Waals surface area (Å²) in [6.45, 7) is 2.14. The van der Waals surface area contributed by atoms with Gasteiger partial charge in [-0.1, -0.05) is 6.92 Å². The molecule has 3 nitrogen and oxygen atoms in total. The van der Waals surface area contributed by atoms with Crippen molar-refractivity contribution in [2.75, 3.05) is 0 Å². The van der Waals surface area contributed by atoms with Crippen LogP contribution < -0.4 is 0 Å². The fraction of sp³-hybridized carbons (Fsp3) is 0.800. The Labute approximate surface area is 77.4 Å². The van der Waals surface area contributed by atoms with Gasteiger partial charge in [0.05, 0.1) is 0 Å². The molecule has 1 heterocycles. The fourth-order valence-electron chi connectivity index (χ4n) is 2.50. The van der Waals surface area contributed by atoms with Gasteiger partial charge in [0.1, 0.15) is 17.8 Å². The van der Waals surface area contributed by atoms with Gasteiger partial charge >= 0.3 is 5.97 Å². The van der Waals surface area contributed by atoms with Gasteiger partial charge < -0.3 is 4.74 Å². The van der Waals surface area contributed by atoms with Gasteiger partial charge in [0.2, 0.25) is 0 Å². The zero-order valence-electron chi connectivity index (χ0n) is 7.84. The van der Waals surface area contributed by atoms with Crippen LogP contribution in [0.25, 0.3) is 0 Å². The van der Waals surface area contributed by atoms with E-state index in [1.807, 2.05) is 0 Å². The molecule has 0 amide bonds. The summed E-state index contributed by atoms with van der Waals surface area (Å²) in [4.78, 5) is 22.3. The molecule has 0 radical (unpaired) electrons. The van der Waals surface area contributed by atoms with Gasteiger partial charge in [-0.3, -0.25) is 9.59 Å². The van der Waals surface area contributed by atoms with Gasteiger partial charge in [-0.05, 0) is 25.2 Å². The molecule has 3 heteroatoms. The lowest BCUT2D eigenvalue weighted by molar-refractivity contribution is -0.169. The molecule has 0 aromatic heterocycles. The zero-order valence-corrected chi connectivity index (χ0v) is 7.84. The molecule has 1 spiro atoms. The van der Waals surface area contributed by atoms with Gasteiger partial charge in [0.15, 0.2) is 0 Å². The molecular formula is C10H14O3. The van der Waals surface area contributed by atoms with Gasteiger partial charge in [0.25, 0.3) is 0 Å². The molecule has 2 fully saturated rings. The van der Waals surface area contributed by atoms with Crippen LogP contribution in [-0.2, 0) is 14.3 Å². The molecule has 13 heavy (non-hydrogen) atoms. The molecule has 0 aromatic carbocycles. The first kappa shape index (κ1) is 8.73. The van der Waals surface area contributed by atoms with Crippen LogP contribution in [0, 0.1) is 5.92 Å². The number of hydrogen-bond donors (Lipinski definition) is 0. The molecule has 1 aliphatic carbocycles. The lowest BCUT2D eigenvalue weighted by Gasteiger charge is -2.32. The Kier molecular flexibility index (Phi) is 1.90. The van der Waals surface area contributed by atoms with E-state index in [2.05, 4.69) is 6.92 Å². The largest absolute Gasteiger partial charge is 0.458 e. The Bertz CT molecular complexity index is 241. The molecule has 0 bridgehead atoms. The highest BCUT2D eigenvalue weighted by molar-refractivity contribution is 5.98. The number of Topliss-reactive ketones (excluding diaryl/α,β-unsaturated/α-hetero) is 1. The minimum absolute atomic E-state index is 0.0177. The van der Waals surface area contributed by atoms with Crippen molar-refractivity contribution in [1.82, 2.24) is 0 Å². The maximum absolute atomic E-state index is 11.2. The van der Waals surface area contributed by atoms with Crippen molar-refractivity contribution in [3.63, 3.8) is 0 Å². The van der Waals surface area contributed by atoms with Crippen LogP contribution in [0.4, 0.5) is 0 Å². The minimum Gasteiger partial charge on any atom is -0.458 e. The number of carbonyl (C=O) groups is 2. The first-order valence-corrected chi connectivity index (χ1v) is 4.83. The molecule has 0 aromatic rings. The fourth-order valence-corrected chi connectivity index (χ4v) is 2.50. The zero-order chi connectivity index (χ0) is 9.47. The second-order valence-electron chi connectivity index (χ2n) is 4.40. The van der Waals surface area contributed by atoms with Crippen molar-refractivity contribution >= 4 is 11.8 Å². The monoisotopic (exact) mass is 182 g/mol. The summed E-state index contributed by atoms with van der Waals surface area (Å²) in [6, 6.07) is 0. The number of ether oxygens (including phenoxy) is 1. The van der Waals surface area contributed by atoms with Crippen molar-refractivity contribution in [3.8, 4) is 0 Å². The quantitative estimate of drug-likeness (QED) is 0.420.